The van der Waals surface area contributed by atoms with E-state index in [1.54, 1.807) is 30.3 Å². The van der Waals surface area contributed by atoms with Crippen molar-refractivity contribution < 1.29 is 13.2 Å². The molecule has 0 aliphatic rings. The van der Waals surface area contributed by atoms with Crippen molar-refractivity contribution in [1.82, 2.24) is 4.98 Å². The second-order valence-electron chi connectivity index (χ2n) is 5.88. The standard InChI is InChI=1S/C18H19N3O3S2/c1-3-4-13-5-8-15(9-6-13)26(23,24)21-14-7-10-17-16(11-14)20-18(25-17)19-12(2)22/h5-11,21H,3-4H2,1-2H3,(H,19,20,22). The van der Waals surface area contributed by atoms with Crippen LogP contribution in [0.1, 0.15) is 25.8 Å². The lowest BCUT2D eigenvalue weighted by atomic mass is 10.1. The van der Waals surface area contributed by atoms with Crippen LogP contribution >= 0.6 is 11.3 Å². The molecule has 0 aliphatic carbocycles. The number of aryl methyl sites for hydroxylation is 1. The maximum Gasteiger partial charge on any atom is 0.261 e. The summed E-state index contributed by atoms with van der Waals surface area (Å²) in [6.45, 7) is 3.50. The van der Waals surface area contributed by atoms with Gasteiger partial charge >= 0.3 is 0 Å². The zero-order valence-electron chi connectivity index (χ0n) is 14.4. The van der Waals surface area contributed by atoms with Crippen LogP contribution in [0.3, 0.4) is 0 Å². The van der Waals surface area contributed by atoms with E-state index in [1.165, 1.54) is 18.3 Å². The summed E-state index contributed by atoms with van der Waals surface area (Å²) in [6.07, 6.45) is 1.93. The monoisotopic (exact) mass is 389 g/mol. The van der Waals surface area contributed by atoms with Crippen LogP contribution in [0.5, 0.6) is 0 Å². The molecule has 136 valence electrons. The van der Waals surface area contributed by atoms with Gasteiger partial charge in [-0.15, -0.1) is 0 Å². The molecule has 2 N–H and O–H groups in total. The summed E-state index contributed by atoms with van der Waals surface area (Å²) < 4.78 is 28.6. The minimum atomic E-state index is -3.67. The molecule has 0 spiro atoms. The van der Waals surface area contributed by atoms with Gasteiger partial charge in [0.15, 0.2) is 5.13 Å². The molecule has 3 rings (SSSR count). The third kappa shape index (κ3) is 4.20. The number of anilines is 2. The number of hydrogen-bond acceptors (Lipinski definition) is 5. The summed E-state index contributed by atoms with van der Waals surface area (Å²) >= 11 is 1.33. The first-order chi connectivity index (χ1) is 12.4. The van der Waals surface area contributed by atoms with E-state index < -0.39 is 10.0 Å². The largest absolute Gasteiger partial charge is 0.302 e. The number of nitrogens with one attached hydrogen (secondary N) is 2. The molecule has 1 aromatic heterocycles. The van der Waals surface area contributed by atoms with Crippen LogP contribution in [0.4, 0.5) is 10.8 Å². The molecule has 26 heavy (non-hydrogen) atoms. The van der Waals surface area contributed by atoms with Crippen molar-refractivity contribution in [3.05, 3.63) is 48.0 Å². The Morgan fingerprint density at radius 2 is 1.88 bits per heavy atom. The molecule has 0 saturated carbocycles. The fourth-order valence-corrected chi connectivity index (χ4v) is 4.47. The molecule has 0 radical (unpaired) electrons. The molecule has 1 amide bonds. The number of aromatic nitrogens is 1. The number of amides is 1. The highest BCUT2D eigenvalue weighted by Gasteiger charge is 2.15. The predicted octanol–water partition coefficient (Wildman–Crippen LogP) is 4.01. The van der Waals surface area contributed by atoms with Gasteiger partial charge in [-0.3, -0.25) is 9.52 Å². The lowest BCUT2D eigenvalue weighted by Crippen LogP contribution is -2.12. The highest BCUT2D eigenvalue weighted by Crippen LogP contribution is 2.29. The van der Waals surface area contributed by atoms with E-state index in [9.17, 15) is 13.2 Å². The summed E-state index contributed by atoms with van der Waals surface area (Å²) in [7, 11) is -3.67. The molecule has 1 heterocycles. The summed E-state index contributed by atoms with van der Waals surface area (Å²) in [6, 6.07) is 12.0. The van der Waals surface area contributed by atoms with Crippen LogP contribution in [0.2, 0.25) is 0 Å². The highest BCUT2D eigenvalue weighted by molar-refractivity contribution is 7.92. The quantitative estimate of drug-likeness (QED) is 0.667. The minimum absolute atomic E-state index is 0.198. The van der Waals surface area contributed by atoms with Gasteiger partial charge in [0.25, 0.3) is 10.0 Å². The smallest absolute Gasteiger partial charge is 0.261 e. The van der Waals surface area contributed by atoms with Gasteiger partial charge in [-0.25, -0.2) is 13.4 Å². The first kappa shape index (κ1) is 18.3. The van der Waals surface area contributed by atoms with Gasteiger partial charge in [0.05, 0.1) is 20.8 Å². The van der Waals surface area contributed by atoms with Crippen molar-refractivity contribution in [3.63, 3.8) is 0 Å². The van der Waals surface area contributed by atoms with Crippen LogP contribution in [0, 0.1) is 0 Å². The molecule has 6 nitrogen and oxygen atoms in total. The Hall–Kier alpha value is -2.45. The Kier molecular flexibility index (Phi) is 5.24. The maximum absolute atomic E-state index is 12.6. The summed E-state index contributed by atoms with van der Waals surface area (Å²) in [5.41, 5.74) is 2.16. The number of fused-ring (bicyclic) bond motifs is 1. The number of carbonyl (C=O) groups is 1. The summed E-state index contributed by atoms with van der Waals surface area (Å²) in [5, 5.41) is 3.12. The maximum atomic E-state index is 12.6. The van der Waals surface area contributed by atoms with E-state index in [0.29, 0.717) is 16.3 Å². The lowest BCUT2D eigenvalue weighted by Gasteiger charge is -2.08. The van der Waals surface area contributed by atoms with Crippen molar-refractivity contribution in [3.8, 4) is 0 Å². The Morgan fingerprint density at radius 1 is 1.15 bits per heavy atom. The molecule has 0 atom stereocenters. The summed E-state index contributed by atoms with van der Waals surface area (Å²) in [5.74, 6) is -0.198. The number of sulfonamides is 1. The van der Waals surface area contributed by atoms with E-state index in [1.807, 2.05) is 12.1 Å². The first-order valence-electron chi connectivity index (χ1n) is 8.17. The van der Waals surface area contributed by atoms with Crippen LogP contribution in [0.25, 0.3) is 10.2 Å². The number of nitrogens with zero attached hydrogens (tertiary/aromatic N) is 1. The molecule has 0 saturated heterocycles. The number of benzene rings is 2. The Balaban J connectivity index is 1.83. The number of thiazole rings is 1. The zero-order chi connectivity index (χ0) is 18.7. The molecule has 8 heteroatoms. The second kappa shape index (κ2) is 7.43. The van der Waals surface area contributed by atoms with Crippen molar-refractivity contribution in [1.29, 1.82) is 0 Å². The Bertz CT molecular complexity index is 1040. The van der Waals surface area contributed by atoms with Crippen molar-refractivity contribution in [2.45, 2.75) is 31.6 Å². The normalized spacial score (nSPS) is 11.5. The van der Waals surface area contributed by atoms with Gasteiger partial charge in [-0.1, -0.05) is 36.8 Å². The summed E-state index contributed by atoms with van der Waals surface area (Å²) in [4.78, 5) is 15.6. The van der Waals surface area contributed by atoms with Gasteiger partial charge in [0, 0.05) is 6.92 Å². The molecular weight excluding hydrogens is 370 g/mol. The molecule has 0 fully saturated rings. The number of rotatable bonds is 6. The number of carbonyl (C=O) groups excluding carboxylic acids is 1. The van der Waals surface area contributed by atoms with Gasteiger partial charge in [-0.2, -0.15) is 0 Å². The fourth-order valence-electron chi connectivity index (χ4n) is 2.53. The van der Waals surface area contributed by atoms with E-state index in [4.69, 9.17) is 0 Å². The Morgan fingerprint density at radius 3 is 2.54 bits per heavy atom. The van der Waals surface area contributed by atoms with Gasteiger partial charge in [0.2, 0.25) is 5.91 Å². The van der Waals surface area contributed by atoms with E-state index in [2.05, 4.69) is 21.9 Å². The molecule has 0 unspecified atom stereocenters. The van der Waals surface area contributed by atoms with Crippen LogP contribution < -0.4 is 10.0 Å². The Labute approximate surface area is 156 Å². The highest BCUT2D eigenvalue weighted by atomic mass is 32.2. The van der Waals surface area contributed by atoms with Crippen LogP contribution in [-0.4, -0.2) is 19.3 Å². The van der Waals surface area contributed by atoms with Crippen molar-refractivity contribution in [2.75, 3.05) is 10.0 Å². The van der Waals surface area contributed by atoms with Gasteiger partial charge in [-0.05, 0) is 42.3 Å². The fraction of sp³-hybridized carbons (Fsp3) is 0.222. The van der Waals surface area contributed by atoms with E-state index >= 15 is 0 Å². The molecule has 0 bridgehead atoms. The van der Waals surface area contributed by atoms with Gasteiger partial charge < -0.3 is 5.32 Å². The van der Waals surface area contributed by atoms with Crippen molar-refractivity contribution >= 4 is 48.3 Å². The van der Waals surface area contributed by atoms with E-state index in [-0.39, 0.29) is 10.8 Å². The predicted molar refractivity (Wildman–Crippen MR) is 105 cm³/mol. The van der Waals surface area contributed by atoms with Crippen LogP contribution in [0.15, 0.2) is 47.4 Å². The zero-order valence-corrected chi connectivity index (χ0v) is 16.1. The first-order valence-corrected chi connectivity index (χ1v) is 10.5. The molecule has 2 aromatic carbocycles. The SMILES string of the molecule is CCCc1ccc(S(=O)(=O)Nc2ccc3sc(NC(C)=O)nc3c2)cc1. The van der Waals surface area contributed by atoms with E-state index in [0.717, 1.165) is 23.1 Å². The third-order valence-electron chi connectivity index (χ3n) is 3.70. The average Bonchev–Trinajstić information content (AvgIpc) is 2.96. The van der Waals surface area contributed by atoms with Gasteiger partial charge in [0.1, 0.15) is 0 Å². The van der Waals surface area contributed by atoms with Crippen molar-refractivity contribution in [2.24, 2.45) is 0 Å². The minimum Gasteiger partial charge on any atom is -0.302 e. The lowest BCUT2D eigenvalue weighted by molar-refractivity contribution is -0.114. The topological polar surface area (TPSA) is 88.2 Å². The molecule has 0 aliphatic heterocycles. The number of hydrogen-bond donors (Lipinski definition) is 2. The third-order valence-corrected chi connectivity index (χ3v) is 6.04. The average molecular weight is 390 g/mol. The van der Waals surface area contributed by atoms with Crippen LogP contribution in [-0.2, 0) is 21.2 Å². The second-order valence-corrected chi connectivity index (χ2v) is 8.60. The molecule has 3 aromatic rings. The molecular formula is C18H19N3O3S2.